The summed E-state index contributed by atoms with van der Waals surface area (Å²) in [6.45, 7) is 2.76. The van der Waals surface area contributed by atoms with Crippen LogP contribution in [0.15, 0.2) is 42.5 Å². The predicted molar refractivity (Wildman–Crippen MR) is 80.1 cm³/mol. The third-order valence-electron chi connectivity index (χ3n) is 4.21. The number of benzene rings is 2. The first kappa shape index (κ1) is 13.3. The summed E-state index contributed by atoms with van der Waals surface area (Å²) in [7, 11) is 0. The number of halogens is 1. The van der Waals surface area contributed by atoms with Crippen molar-refractivity contribution in [3.63, 3.8) is 0 Å². The van der Waals surface area contributed by atoms with Gasteiger partial charge in [-0.1, -0.05) is 30.3 Å². The molecule has 1 nitrogen and oxygen atoms in total. The molecule has 0 radical (unpaired) electrons. The van der Waals surface area contributed by atoms with Gasteiger partial charge in [-0.05, 0) is 60.6 Å². The summed E-state index contributed by atoms with van der Waals surface area (Å²) in [6.07, 6.45) is 3.60. The molecule has 0 aliphatic heterocycles. The first-order valence-corrected chi connectivity index (χ1v) is 7.30. The van der Waals surface area contributed by atoms with Crippen molar-refractivity contribution in [3.05, 3.63) is 70.5 Å². The summed E-state index contributed by atoms with van der Waals surface area (Å²) >= 11 is 0. The summed E-state index contributed by atoms with van der Waals surface area (Å²) in [4.78, 5) is 0. The largest absolute Gasteiger partial charge is 0.306 e. The molecule has 0 aromatic heterocycles. The molecule has 1 aliphatic carbocycles. The van der Waals surface area contributed by atoms with E-state index in [1.54, 1.807) is 12.1 Å². The third-order valence-corrected chi connectivity index (χ3v) is 4.21. The van der Waals surface area contributed by atoms with Gasteiger partial charge in [-0.15, -0.1) is 0 Å². The molecule has 2 aromatic carbocycles. The number of hydrogen-bond donors (Lipinski definition) is 1. The summed E-state index contributed by atoms with van der Waals surface area (Å²) in [5.74, 6) is -0.158. The average molecular weight is 269 g/mol. The normalized spacial score (nSPS) is 17.8. The molecular formula is C18H20FN. The summed E-state index contributed by atoms with van der Waals surface area (Å²) in [5.41, 5.74) is 5.08. The van der Waals surface area contributed by atoms with Gasteiger partial charge in [-0.3, -0.25) is 0 Å². The highest BCUT2D eigenvalue weighted by Gasteiger charge is 2.19. The van der Waals surface area contributed by atoms with E-state index < -0.39 is 0 Å². The highest BCUT2D eigenvalue weighted by molar-refractivity contribution is 5.32. The molecule has 1 aliphatic rings. The van der Waals surface area contributed by atoms with Gasteiger partial charge in [-0.2, -0.15) is 0 Å². The van der Waals surface area contributed by atoms with Crippen LogP contribution in [-0.2, 0) is 13.0 Å². The molecule has 0 saturated heterocycles. The fourth-order valence-corrected chi connectivity index (χ4v) is 3.06. The van der Waals surface area contributed by atoms with Crippen molar-refractivity contribution in [3.8, 4) is 0 Å². The number of hydrogen-bond acceptors (Lipinski definition) is 1. The lowest BCUT2D eigenvalue weighted by Gasteiger charge is -2.26. The first-order chi connectivity index (χ1) is 9.74. The minimum atomic E-state index is -0.158. The lowest BCUT2D eigenvalue weighted by molar-refractivity contribution is 0.458. The van der Waals surface area contributed by atoms with Crippen LogP contribution in [0.25, 0.3) is 0 Å². The number of aryl methyl sites for hydroxylation is 2. The Morgan fingerprint density at radius 2 is 2.05 bits per heavy atom. The molecule has 0 fully saturated rings. The van der Waals surface area contributed by atoms with Crippen molar-refractivity contribution < 1.29 is 4.39 Å². The molecule has 20 heavy (non-hydrogen) atoms. The molecule has 104 valence electrons. The first-order valence-electron chi connectivity index (χ1n) is 7.30. The molecular weight excluding hydrogens is 249 g/mol. The Balaban J connectivity index is 1.73. The quantitative estimate of drug-likeness (QED) is 0.876. The van der Waals surface area contributed by atoms with Crippen LogP contribution in [0.2, 0.25) is 0 Å². The second-order valence-corrected chi connectivity index (χ2v) is 5.60. The Labute approximate surface area is 119 Å². The van der Waals surface area contributed by atoms with Gasteiger partial charge in [0.2, 0.25) is 0 Å². The second kappa shape index (κ2) is 5.76. The van der Waals surface area contributed by atoms with Gasteiger partial charge in [0.15, 0.2) is 0 Å². The van der Waals surface area contributed by atoms with Crippen molar-refractivity contribution >= 4 is 0 Å². The maximum Gasteiger partial charge on any atom is 0.123 e. The zero-order valence-corrected chi connectivity index (χ0v) is 11.8. The lowest BCUT2D eigenvalue weighted by Crippen LogP contribution is -2.25. The number of nitrogens with one attached hydrogen (secondary N) is 1. The van der Waals surface area contributed by atoms with Gasteiger partial charge in [-0.25, -0.2) is 4.39 Å². The van der Waals surface area contributed by atoms with E-state index in [-0.39, 0.29) is 5.82 Å². The molecule has 3 rings (SSSR count). The van der Waals surface area contributed by atoms with Gasteiger partial charge in [0.1, 0.15) is 5.82 Å². The van der Waals surface area contributed by atoms with Crippen molar-refractivity contribution in [2.45, 2.75) is 38.8 Å². The summed E-state index contributed by atoms with van der Waals surface area (Å²) in [6, 6.07) is 14.1. The van der Waals surface area contributed by atoms with Crippen molar-refractivity contribution in [2.24, 2.45) is 0 Å². The van der Waals surface area contributed by atoms with E-state index in [9.17, 15) is 4.39 Å². The monoisotopic (exact) mass is 269 g/mol. The minimum Gasteiger partial charge on any atom is -0.306 e. The van der Waals surface area contributed by atoms with Gasteiger partial charge in [0, 0.05) is 12.6 Å². The van der Waals surface area contributed by atoms with Crippen molar-refractivity contribution in [2.75, 3.05) is 0 Å². The van der Waals surface area contributed by atoms with Crippen LogP contribution in [0.5, 0.6) is 0 Å². The molecule has 1 atom stereocenters. The van der Waals surface area contributed by atoms with Gasteiger partial charge < -0.3 is 5.32 Å². The molecule has 2 aromatic rings. The molecule has 1 N–H and O–H groups in total. The smallest absolute Gasteiger partial charge is 0.123 e. The van der Waals surface area contributed by atoms with Crippen LogP contribution in [0.1, 0.15) is 41.1 Å². The fraction of sp³-hybridized carbons (Fsp3) is 0.333. The highest BCUT2D eigenvalue weighted by Crippen LogP contribution is 2.29. The Bertz CT molecular complexity index is 606. The van der Waals surface area contributed by atoms with E-state index in [1.807, 2.05) is 13.0 Å². The zero-order valence-electron chi connectivity index (χ0n) is 11.8. The van der Waals surface area contributed by atoms with Crippen molar-refractivity contribution in [1.29, 1.82) is 0 Å². The van der Waals surface area contributed by atoms with Gasteiger partial charge in [0.25, 0.3) is 0 Å². The SMILES string of the molecule is Cc1cc(F)ccc1CNC1CCCc2ccccc21. The Morgan fingerprint density at radius 3 is 2.90 bits per heavy atom. The average Bonchev–Trinajstić information content (AvgIpc) is 2.46. The van der Waals surface area contributed by atoms with E-state index in [1.165, 1.54) is 36.0 Å². The number of fused-ring (bicyclic) bond motifs is 1. The predicted octanol–water partition coefficient (Wildman–Crippen LogP) is 4.30. The van der Waals surface area contributed by atoms with Crippen LogP contribution in [0.4, 0.5) is 4.39 Å². The molecule has 0 heterocycles. The van der Waals surface area contributed by atoms with E-state index in [2.05, 4.69) is 29.6 Å². The van der Waals surface area contributed by atoms with E-state index in [0.29, 0.717) is 6.04 Å². The molecule has 0 saturated carbocycles. The maximum atomic E-state index is 13.1. The van der Waals surface area contributed by atoms with E-state index >= 15 is 0 Å². The van der Waals surface area contributed by atoms with Crippen LogP contribution >= 0.6 is 0 Å². The Kier molecular flexibility index (Phi) is 3.83. The van der Waals surface area contributed by atoms with E-state index in [4.69, 9.17) is 0 Å². The Morgan fingerprint density at radius 1 is 1.20 bits per heavy atom. The van der Waals surface area contributed by atoms with Crippen LogP contribution in [0.3, 0.4) is 0 Å². The van der Waals surface area contributed by atoms with Crippen LogP contribution in [-0.4, -0.2) is 0 Å². The number of rotatable bonds is 3. The maximum absolute atomic E-state index is 13.1. The molecule has 2 heteroatoms. The minimum absolute atomic E-state index is 0.158. The molecule has 0 amide bonds. The standard InChI is InChI=1S/C18H20FN/c1-13-11-16(19)10-9-15(13)12-20-18-8-4-6-14-5-2-3-7-17(14)18/h2-3,5,7,9-11,18,20H,4,6,8,12H2,1H3. The molecule has 1 unspecified atom stereocenters. The zero-order chi connectivity index (χ0) is 13.9. The fourth-order valence-electron chi connectivity index (χ4n) is 3.06. The topological polar surface area (TPSA) is 12.0 Å². The van der Waals surface area contributed by atoms with Gasteiger partial charge >= 0.3 is 0 Å². The summed E-state index contributed by atoms with van der Waals surface area (Å²) < 4.78 is 13.1. The summed E-state index contributed by atoms with van der Waals surface area (Å²) in [5, 5.41) is 3.63. The van der Waals surface area contributed by atoms with Crippen LogP contribution < -0.4 is 5.32 Å². The molecule has 0 bridgehead atoms. The third kappa shape index (κ3) is 2.75. The van der Waals surface area contributed by atoms with Gasteiger partial charge in [0.05, 0.1) is 0 Å². The highest BCUT2D eigenvalue weighted by atomic mass is 19.1. The van der Waals surface area contributed by atoms with Crippen molar-refractivity contribution in [1.82, 2.24) is 5.32 Å². The lowest BCUT2D eigenvalue weighted by atomic mass is 9.87. The van der Waals surface area contributed by atoms with Crippen LogP contribution in [0, 0.1) is 12.7 Å². The second-order valence-electron chi connectivity index (χ2n) is 5.60. The molecule has 0 spiro atoms. The Hall–Kier alpha value is -1.67. The van der Waals surface area contributed by atoms with E-state index in [0.717, 1.165) is 12.1 Å².